The Kier molecular flexibility index (Phi) is 5.03. The van der Waals surface area contributed by atoms with Gasteiger partial charge in [0.15, 0.2) is 11.5 Å². The van der Waals surface area contributed by atoms with E-state index in [9.17, 15) is 9.90 Å². The van der Waals surface area contributed by atoms with Crippen LogP contribution < -0.4 is 9.47 Å². The van der Waals surface area contributed by atoms with E-state index in [-0.39, 0.29) is 11.5 Å². The van der Waals surface area contributed by atoms with Gasteiger partial charge in [0, 0.05) is 0 Å². The summed E-state index contributed by atoms with van der Waals surface area (Å²) >= 11 is 0. The number of phenols is 1. The van der Waals surface area contributed by atoms with Crippen molar-refractivity contribution in [2.75, 3.05) is 6.61 Å². The van der Waals surface area contributed by atoms with Gasteiger partial charge in [0.2, 0.25) is 5.75 Å². The van der Waals surface area contributed by atoms with E-state index in [0.29, 0.717) is 17.9 Å². The van der Waals surface area contributed by atoms with Crippen molar-refractivity contribution in [2.45, 2.75) is 40.5 Å². The Morgan fingerprint density at radius 3 is 2.26 bits per heavy atom. The van der Waals surface area contributed by atoms with Crippen molar-refractivity contribution < 1.29 is 24.5 Å². The minimum atomic E-state index is -1.47. The van der Waals surface area contributed by atoms with Crippen molar-refractivity contribution in [3.63, 3.8) is 0 Å². The number of ether oxygens (including phenoxy) is 2. The number of phenolic OH excluding ortho intramolecular Hbond substituents is 1. The number of hydrogen-bond acceptors (Lipinski definition) is 4. The van der Waals surface area contributed by atoms with Crippen LogP contribution >= 0.6 is 0 Å². The fraction of sp³-hybridized carbons (Fsp3) is 0.500. The van der Waals surface area contributed by atoms with Gasteiger partial charge >= 0.3 is 6.16 Å². The zero-order chi connectivity index (χ0) is 14.6. The van der Waals surface area contributed by atoms with Gasteiger partial charge in [-0.2, -0.15) is 0 Å². The zero-order valence-electron chi connectivity index (χ0n) is 11.7. The normalized spacial score (nSPS) is 10.3. The second-order valence-electron chi connectivity index (χ2n) is 4.45. The molecule has 0 unspecified atom stereocenters. The molecule has 0 aliphatic carbocycles. The number of unbranched alkanes of at least 4 members (excludes halogenated alkanes) is 1. The zero-order valence-corrected chi connectivity index (χ0v) is 11.7. The maximum Gasteiger partial charge on any atom is 0.511 e. The monoisotopic (exact) mass is 268 g/mol. The molecule has 0 amide bonds. The first kappa shape index (κ1) is 15.1. The summed E-state index contributed by atoms with van der Waals surface area (Å²) in [5.74, 6) is -0.00217. The molecule has 0 heterocycles. The number of rotatable bonds is 5. The van der Waals surface area contributed by atoms with E-state index in [1.165, 1.54) is 0 Å². The van der Waals surface area contributed by atoms with Crippen molar-refractivity contribution >= 4 is 6.16 Å². The minimum absolute atomic E-state index is 0.121. The summed E-state index contributed by atoms with van der Waals surface area (Å²) in [7, 11) is 0. The highest BCUT2D eigenvalue weighted by Crippen LogP contribution is 2.44. The Morgan fingerprint density at radius 1 is 1.11 bits per heavy atom. The third-order valence-corrected chi connectivity index (χ3v) is 3.18. The fourth-order valence-corrected chi connectivity index (χ4v) is 1.75. The van der Waals surface area contributed by atoms with Crippen LogP contribution in [0, 0.1) is 20.8 Å². The van der Waals surface area contributed by atoms with Crippen molar-refractivity contribution in [3.8, 4) is 17.2 Å². The summed E-state index contributed by atoms with van der Waals surface area (Å²) in [6.45, 7) is 7.86. The van der Waals surface area contributed by atoms with Gasteiger partial charge in [-0.3, -0.25) is 0 Å². The summed E-state index contributed by atoms with van der Waals surface area (Å²) in [4.78, 5) is 10.7. The lowest BCUT2D eigenvalue weighted by Gasteiger charge is -2.18. The molecule has 19 heavy (non-hydrogen) atoms. The van der Waals surface area contributed by atoms with Crippen molar-refractivity contribution in [1.82, 2.24) is 0 Å². The van der Waals surface area contributed by atoms with Gasteiger partial charge in [-0.25, -0.2) is 4.79 Å². The van der Waals surface area contributed by atoms with Gasteiger partial charge in [-0.1, -0.05) is 13.3 Å². The second-order valence-corrected chi connectivity index (χ2v) is 4.45. The average molecular weight is 268 g/mol. The maximum atomic E-state index is 10.7. The summed E-state index contributed by atoms with van der Waals surface area (Å²) < 4.78 is 10.2. The highest BCUT2D eigenvalue weighted by Gasteiger charge is 2.22. The van der Waals surface area contributed by atoms with E-state index in [1.807, 2.05) is 20.8 Å². The predicted molar refractivity (Wildman–Crippen MR) is 71.4 cm³/mol. The Labute approximate surface area is 112 Å². The molecule has 0 aliphatic rings. The Morgan fingerprint density at radius 2 is 1.74 bits per heavy atom. The molecule has 0 bridgehead atoms. The lowest BCUT2D eigenvalue weighted by Crippen LogP contribution is -2.09. The fourth-order valence-electron chi connectivity index (χ4n) is 1.75. The van der Waals surface area contributed by atoms with Crippen LogP contribution in [-0.2, 0) is 0 Å². The molecular weight excluding hydrogens is 248 g/mol. The highest BCUT2D eigenvalue weighted by atomic mass is 16.7. The SMILES string of the molecule is CCCCOc1c(C)c(C)c(C)c(O)c1OC(=O)O. The Balaban J connectivity index is 3.26. The van der Waals surface area contributed by atoms with E-state index in [2.05, 4.69) is 4.74 Å². The van der Waals surface area contributed by atoms with Gasteiger partial charge in [0.05, 0.1) is 6.61 Å². The van der Waals surface area contributed by atoms with E-state index in [0.717, 1.165) is 24.0 Å². The lowest BCUT2D eigenvalue weighted by atomic mass is 10.0. The molecule has 0 aliphatic heterocycles. The quantitative estimate of drug-likeness (QED) is 0.485. The number of aromatic hydroxyl groups is 1. The average Bonchev–Trinajstić information content (AvgIpc) is 2.36. The summed E-state index contributed by atoms with van der Waals surface area (Å²) in [5.41, 5.74) is 2.24. The number of carboxylic acid groups (broad SMARTS) is 1. The summed E-state index contributed by atoms with van der Waals surface area (Å²) in [6.07, 6.45) is 0.336. The molecular formula is C14H20O5. The molecule has 0 spiro atoms. The molecule has 0 fully saturated rings. The van der Waals surface area contributed by atoms with Gasteiger partial charge in [0.25, 0.3) is 0 Å². The number of benzene rings is 1. The molecule has 5 heteroatoms. The smallest absolute Gasteiger partial charge is 0.504 e. The predicted octanol–water partition coefficient (Wildman–Crippen LogP) is 3.55. The Bertz CT molecular complexity index is 479. The standard InChI is InChI=1S/C14H20O5/c1-5-6-7-18-12-10(4)8(2)9(3)11(15)13(12)19-14(16)17/h15H,5-7H2,1-4H3,(H,16,17). The molecule has 1 aromatic rings. The Hall–Kier alpha value is -1.91. The third kappa shape index (κ3) is 3.30. The topological polar surface area (TPSA) is 76.0 Å². The highest BCUT2D eigenvalue weighted by molar-refractivity contribution is 5.69. The van der Waals surface area contributed by atoms with E-state index < -0.39 is 6.16 Å². The maximum absolute atomic E-state index is 10.7. The molecule has 1 aromatic carbocycles. The third-order valence-electron chi connectivity index (χ3n) is 3.18. The van der Waals surface area contributed by atoms with E-state index in [1.54, 1.807) is 6.92 Å². The van der Waals surface area contributed by atoms with Gasteiger partial charge in [-0.15, -0.1) is 0 Å². The molecule has 1 rings (SSSR count). The second kappa shape index (κ2) is 6.31. The molecule has 2 N–H and O–H groups in total. The van der Waals surface area contributed by atoms with Crippen molar-refractivity contribution in [2.24, 2.45) is 0 Å². The number of hydrogen-bond donors (Lipinski definition) is 2. The minimum Gasteiger partial charge on any atom is -0.504 e. The van der Waals surface area contributed by atoms with Crippen LogP contribution in [0.5, 0.6) is 17.2 Å². The van der Waals surface area contributed by atoms with Crippen LogP contribution in [0.15, 0.2) is 0 Å². The molecule has 0 saturated heterocycles. The van der Waals surface area contributed by atoms with E-state index >= 15 is 0 Å². The molecule has 0 radical (unpaired) electrons. The van der Waals surface area contributed by atoms with Crippen LogP contribution in [0.1, 0.15) is 36.5 Å². The van der Waals surface area contributed by atoms with Crippen LogP contribution in [0.25, 0.3) is 0 Å². The summed E-state index contributed by atoms with van der Waals surface area (Å²) in [5, 5.41) is 18.8. The molecule has 0 saturated carbocycles. The van der Waals surface area contributed by atoms with Crippen LogP contribution in [0.4, 0.5) is 4.79 Å². The van der Waals surface area contributed by atoms with Gasteiger partial charge in [-0.05, 0) is 43.9 Å². The van der Waals surface area contributed by atoms with Crippen LogP contribution in [0.3, 0.4) is 0 Å². The molecule has 0 atom stereocenters. The van der Waals surface area contributed by atoms with Crippen molar-refractivity contribution in [1.29, 1.82) is 0 Å². The van der Waals surface area contributed by atoms with E-state index in [4.69, 9.17) is 9.84 Å². The van der Waals surface area contributed by atoms with Gasteiger partial charge in [0.1, 0.15) is 0 Å². The first-order chi connectivity index (χ1) is 8.90. The molecule has 5 nitrogen and oxygen atoms in total. The van der Waals surface area contributed by atoms with Crippen LogP contribution in [0.2, 0.25) is 0 Å². The first-order valence-corrected chi connectivity index (χ1v) is 6.26. The first-order valence-electron chi connectivity index (χ1n) is 6.26. The lowest BCUT2D eigenvalue weighted by molar-refractivity contribution is 0.140. The molecule has 0 aromatic heterocycles. The summed E-state index contributed by atoms with van der Waals surface area (Å²) in [6, 6.07) is 0. The number of carbonyl (C=O) groups is 1. The van der Waals surface area contributed by atoms with Crippen molar-refractivity contribution in [3.05, 3.63) is 16.7 Å². The van der Waals surface area contributed by atoms with Gasteiger partial charge < -0.3 is 19.7 Å². The molecule has 106 valence electrons. The largest absolute Gasteiger partial charge is 0.511 e. The van der Waals surface area contributed by atoms with Crippen LogP contribution in [-0.4, -0.2) is 23.0 Å².